The van der Waals surface area contributed by atoms with Crippen LogP contribution < -0.4 is 5.32 Å². The Morgan fingerprint density at radius 3 is 2.18 bits per heavy atom. The van der Waals surface area contributed by atoms with E-state index in [1.165, 1.54) is 12.1 Å². The van der Waals surface area contributed by atoms with Crippen LogP contribution in [0.1, 0.15) is 48.0 Å². The highest BCUT2D eigenvalue weighted by Gasteiger charge is 2.17. The first-order chi connectivity index (χ1) is 16.0. The number of pyridine rings is 2. The molecule has 0 saturated carbocycles. The van der Waals surface area contributed by atoms with Gasteiger partial charge in [-0.3, -0.25) is 9.78 Å². The molecule has 5 nitrogen and oxygen atoms in total. The van der Waals surface area contributed by atoms with Gasteiger partial charge in [0.25, 0.3) is 0 Å². The predicted octanol–water partition coefficient (Wildman–Crippen LogP) is 7.47. The number of benzene rings is 1. The van der Waals surface area contributed by atoms with Gasteiger partial charge in [-0.15, -0.1) is 0 Å². The maximum absolute atomic E-state index is 13.4. The molecule has 0 fully saturated rings. The summed E-state index contributed by atoms with van der Waals surface area (Å²) >= 11 is 0. The van der Waals surface area contributed by atoms with Crippen LogP contribution in [-0.2, 0) is 4.79 Å². The number of aromatic amines is 1. The van der Waals surface area contributed by atoms with Gasteiger partial charge in [0.05, 0.1) is 5.69 Å². The first kappa shape index (κ1) is 25.7. The van der Waals surface area contributed by atoms with E-state index >= 15 is 0 Å². The van der Waals surface area contributed by atoms with E-state index in [0.717, 1.165) is 27.8 Å². The lowest BCUT2D eigenvalue weighted by atomic mass is 10.00. The number of nitrogens with zero attached hydrogens (tertiary/aromatic N) is 2. The minimum atomic E-state index is -0.288. The number of aromatic nitrogens is 3. The van der Waals surface area contributed by atoms with Gasteiger partial charge in [0.2, 0.25) is 5.91 Å². The van der Waals surface area contributed by atoms with E-state index in [2.05, 4.69) is 20.3 Å². The summed E-state index contributed by atoms with van der Waals surface area (Å²) in [6, 6.07) is 13.9. The molecule has 0 aliphatic rings. The van der Waals surface area contributed by atoms with E-state index in [-0.39, 0.29) is 17.6 Å². The lowest BCUT2D eigenvalue weighted by molar-refractivity contribution is -0.116. The van der Waals surface area contributed by atoms with Gasteiger partial charge in [0, 0.05) is 29.8 Å². The first-order valence-corrected chi connectivity index (χ1v) is 11.5. The monoisotopic (exact) mass is 448 g/mol. The van der Waals surface area contributed by atoms with Crippen LogP contribution in [0, 0.1) is 11.7 Å². The van der Waals surface area contributed by atoms with Crippen LogP contribution in [0.2, 0.25) is 0 Å². The number of H-pyrrole nitrogens is 1. The lowest BCUT2D eigenvalue weighted by Gasteiger charge is -2.07. The van der Waals surface area contributed by atoms with E-state index in [1.807, 2.05) is 59.7 Å². The van der Waals surface area contributed by atoms with Crippen LogP contribution in [0.3, 0.4) is 0 Å². The summed E-state index contributed by atoms with van der Waals surface area (Å²) in [6.45, 7) is 12.0. The Bertz CT molecular complexity index is 1150. The zero-order valence-corrected chi connectivity index (χ0v) is 20.2. The van der Waals surface area contributed by atoms with Gasteiger partial charge in [0.1, 0.15) is 17.3 Å². The molecule has 4 aromatic rings. The highest BCUT2D eigenvalue weighted by molar-refractivity contribution is 6.03. The van der Waals surface area contributed by atoms with Crippen molar-refractivity contribution in [3.05, 3.63) is 66.7 Å². The molecule has 3 heterocycles. The largest absolute Gasteiger partial charge is 0.339 e. The molecule has 2 N–H and O–H groups in total. The first-order valence-electron chi connectivity index (χ1n) is 11.5. The molecule has 1 amide bonds. The topological polar surface area (TPSA) is 70.7 Å². The van der Waals surface area contributed by atoms with Crippen molar-refractivity contribution in [3.8, 4) is 22.4 Å². The summed E-state index contributed by atoms with van der Waals surface area (Å²) in [7, 11) is 0. The average Bonchev–Trinajstić information content (AvgIpc) is 3.21. The molecule has 0 unspecified atom stereocenters. The number of fused-ring (bicyclic) bond motifs is 1. The number of halogens is 1. The fourth-order valence-corrected chi connectivity index (χ4v) is 3.36. The molecule has 3 aromatic heterocycles. The van der Waals surface area contributed by atoms with Crippen molar-refractivity contribution in [1.82, 2.24) is 15.0 Å². The molecule has 0 radical (unpaired) electrons. The Hall–Kier alpha value is -3.54. The Labute approximate surface area is 195 Å². The van der Waals surface area contributed by atoms with Crippen molar-refractivity contribution in [2.45, 2.75) is 48.0 Å². The molecule has 0 atom stereocenters. The Kier molecular flexibility index (Phi) is 9.73. The van der Waals surface area contributed by atoms with E-state index in [0.29, 0.717) is 17.9 Å². The van der Waals surface area contributed by atoms with Gasteiger partial charge in [0.15, 0.2) is 0 Å². The third kappa shape index (κ3) is 6.48. The summed E-state index contributed by atoms with van der Waals surface area (Å²) in [5.41, 5.74) is 4.27. The number of hydrogen-bond donors (Lipinski definition) is 2. The van der Waals surface area contributed by atoms with Crippen LogP contribution in [-0.4, -0.2) is 20.9 Å². The molecule has 1 aromatic carbocycles. The fraction of sp³-hybridized carbons (Fsp3) is 0.296. The number of carbonyl (C=O) groups is 1. The minimum absolute atomic E-state index is 0.0634. The molecule has 0 saturated heterocycles. The maximum Gasteiger partial charge on any atom is 0.225 e. The average molecular weight is 449 g/mol. The second kappa shape index (κ2) is 12.5. The molecule has 0 spiro atoms. The van der Waals surface area contributed by atoms with Gasteiger partial charge in [-0.2, -0.15) is 0 Å². The van der Waals surface area contributed by atoms with E-state index in [4.69, 9.17) is 0 Å². The summed E-state index contributed by atoms with van der Waals surface area (Å²) in [4.78, 5) is 24.1. The number of carbonyl (C=O) groups excluding carboxylic acids is 1. The lowest BCUT2D eigenvalue weighted by Crippen LogP contribution is -2.14. The van der Waals surface area contributed by atoms with E-state index in [9.17, 15) is 9.18 Å². The smallest absolute Gasteiger partial charge is 0.225 e. The standard InChI is InChI=1S/C23H21FN4O.2C2H6/c1-14(2)13-20(29)26-19-8-7-18-21(15-9-11-25-12-10-15)22(28-23(18)27-19)16-3-5-17(24)6-4-16;2*1-2/h3-12,14H,13H2,1-2H3,(H2,26,27,28,29);2*1-2H3. The van der Waals surface area contributed by atoms with Gasteiger partial charge in [-0.05, 0) is 65.6 Å². The SMILES string of the molecule is CC.CC.CC(C)CC(=O)Nc1ccc2c(-c3ccncc3)c(-c3ccc(F)cc3)[nH]c2n1. The molecule has 33 heavy (non-hydrogen) atoms. The highest BCUT2D eigenvalue weighted by atomic mass is 19.1. The fourth-order valence-electron chi connectivity index (χ4n) is 3.36. The van der Waals surface area contributed by atoms with Crippen molar-refractivity contribution in [2.24, 2.45) is 5.92 Å². The van der Waals surface area contributed by atoms with Gasteiger partial charge in [-0.25, -0.2) is 9.37 Å². The highest BCUT2D eigenvalue weighted by Crippen LogP contribution is 2.38. The number of nitrogens with one attached hydrogen (secondary N) is 2. The molecule has 0 aliphatic heterocycles. The van der Waals surface area contributed by atoms with Crippen molar-refractivity contribution in [2.75, 3.05) is 5.32 Å². The second-order valence-electron chi connectivity index (χ2n) is 7.36. The number of amides is 1. The summed E-state index contributed by atoms with van der Waals surface area (Å²) in [5, 5.41) is 3.77. The van der Waals surface area contributed by atoms with Gasteiger partial charge in [-0.1, -0.05) is 41.5 Å². The molecular weight excluding hydrogens is 415 g/mol. The third-order valence-corrected chi connectivity index (χ3v) is 4.62. The second-order valence-corrected chi connectivity index (χ2v) is 7.36. The van der Waals surface area contributed by atoms with Crippen molar-refractivity contribution >= 4 is 22.8 Å². The minimum Gasteiger partial charge on any atom is -0.339 e. The van der Waals surface area contributed by atoms with Crippen LogP contribution in [0.5, 0.6) is 0 Å². The quantitative estimate of drug-likeness (QED) is 0.333. The van der Waals surface area contributed by atoms with Crippen LogP contribution in [0.4, 0.5) is 10.2 Å². The van der Waals surface area contributed by atoms with Crippen molar-refractivity contribution in [1.29, 1.82) is 0 Å². The van der Waals surface area contributed by atoms with Gasteiger partial charge >= 0.3 is 0 Å². The van der Waals surface area contributed by atoms with E-state index in [1.54, 1.807) is 30.6 Å². The zero-order chi connectivity index (χ0) is 24.4. The van der Waals surface area contributed by atoms with Crippen LogP contribution in [0.15, 0.2) is 60.9 Å². The third-order valence-electron chi connectivity index (χ3n) is 4.62. The summed E-state index contributed by atoms with van der Waals surface area (Å²) < 4.78 is 13.4. The normalized spacial score (nSPS) is 10.2. The predicted molar refractivity (Wildman–Crippen MR) is 135 cm³/mol. The molecule has 4 rings (SSSR count). The Morgan fingerprint density at radius 2 is 1.58 bits per heavy atom. The van der Waals surface area contributed by atoms with E-state index < -0.39 is 0 Å². The number of rotatable bonds is 5. The van der Waals surface area contributed by atoms with Crippen LogP contribution >= 0.6 is 0 Å². The zero-order valence-electron chi connectivity index (χ0n) is 20.2. The summed E-state index contributed by atoms with van der Waals surface area (Å²) in [6.07, 6.45) is 3.90. The van der Waals surface area contributed by atoms with Crippen LogP contribution in [0.25, 0.3) is 33.4 Å². The molecule has 174 valence electrons. The Balaban J connectivity index is 0.000000914. The maximum atomic E-state index is 13.4. The summed E-state index contributed by atoms with van der Waals surface area (Å²) in [5.74, 6) is 0.416. The van der Waals surface area contributed by atoms with Gasteiger partial charge < -0.3 is 10.3 Å². The number of hydrogen-bond acceptors (Lipinski definition) is 3. The Morgan fingerprint density at radius 1 is 0.939 bits per heavy atom. The van der Waals surface area contributed by atoms with Crippen molar-refractivity contribution in [3.63, 3.8) is 0 Å². The number of anilines is 1. The molecule has 6 heteroatoms. The molecular formula is C27H33FN4O. The van der Waals surface area contributed by atoms with Crippen molar-refractivity contribution < 1.29 is 9.18 Å². The molecule has 0 aliphatic carbocycles. The molecule has 0 bridgehead atoms.